The predicted molar refractivity (Wildman–Crippen MR) is 99.9 cm³/mol. The first-order chi connectivity index (χ1) is 13.2. The van der Waals surface area contributed by atoms with Crippen molar-refractivity contribution in [3.63, 3.8) is 0 Å². The second kappa shape index (κ2) is 7.57. The predicted octanol–water partition coefficient (Wildman–Crippen LogP) is 1.08. The van der Waals surface area contributed by atoms with Gasteiger partial charge in [-0.2, -0.15) is 0 Å². The summed E-state index contributed by atoms with van der Waals surface area (Å²) in [5, 5.41) is 5.70. The van der Waals surface area contributed by atoms with E-state index in [1.54, 1.807) is 6.07 Å². The molecule has 1 fully saturated rings. The molecule has 0 radical (unpaired) electrons. The Kier molecular flexibility index (Phi) is 4.82. The Balaban J connectivity index is 1.31. The molecular formula is C20H21N3O4. The average molecular weight is 367 g/mol. The number of anilines is 1. The number of fused-ring (bicyclic) bond motifs is 1. The van der Waals surface area contributed by atoms with E-state index in [-0.39, 0.29) is 18.4 Å². The summed E-state index contributed by atoms with van der Waals surface area (Å²) in [5.41, 5.74) is 1.98. The van der Waals surface area contributed by atoms with Gasteiger partial charge in [-0.1, -0.05) is 24.3 Å². The van der Waals surface area contributed by atoms with Crippen LogP contribution in [0.2, 0.25) is 0 Å². The Bertz CT molecular complexity index is 837. The van der Waals surface area contributed by atoms with Crippen molar-refractivity contribution >= 4 is 17.5 Å². The molecule has 2 N–H and O–H groups in total. The summed E-state index contributed by atoms with van der Waals surface area (Å²) < 4.78 is 11.3. The average Bonchev–Trinajstić information content (AvgIpc) is 2.72. The van der Waals surface area contributed by atoms with E-state index < -0.39 is 6.10 Å². The van der Waals surface area contributed by atoms with E-state index in [9.17, 15) is 9.59 Å². The van der Waals surface area contributed by atoms with Gasteiger partial charge in [0, 0.05) is 25.3 Å². The third kappa shape index (κ3) is 3.97. The third-order valence-corrected chi connectivity index (χ3v) is 4.61. The Morgan fingerprint density at radius 1 is 1.15 bits per heavy atom. The number of carbonyl (C=O) groups is 2. The second-order valence-corrected chi connectivity index (χ2v) is 6.52. The summed E-state index contributed by atoms with van der Waals surface area (Å²) in [5.74, 6) is 1.07. The van der Waals surface area contributed by atoms with Gasteiger partial charge >= 0.3 is 0 Å². The van der Waals surface area contributed by atoms with E-state index in [1.165, 1.54) is 0 Å². The lowest BCUT2D eigenvalue weighted by Crippen LogP contribution is -2.47. The Hall–Kier alpha value is -3.22. The van der Waals surface area contributed by atoms with Crippen LogP contribution in [0.5, 0.6) is 11.5 Å². The number of hydrogen-bond donors (Lipinski definition) is 2. The van der Waals surface area contributed by atoms with Gasteiger partial charge in [0.25, 0.3) is 5.91 Å². The molecule has 0 bridgehead atoms. The molecular weight excluding hydrogens is 346 g/mol. The zero-order chi connectivity index (χ0) is 18.6. The maximum absolute atomic E-state index is 12.4. The molecule has 2 amide bonds. The minimum atomic E-state index is -0.661. The lowest BCUT2D eigenvalue weighted by Gasteiger charge is -2.28. The first kappa shape index (κ1) is 17.2. The van der Waals surface area contributed by atoms with Crippen molar-refractivity contribution in [2.75, 3.05) is 31.1 Å². The van der Waals surface area contributed by atoms with Crippen LogP contribution < -0.4 is 25.0 Å². The fourth-order valence-corrected chi connectivity index (χ4v) is 3.14. The van der Waals surface area contributed by atoms with Crippen LogP contribution >= 0.6 is 0 Å². The zero-order valence-corrected chi connectivity index (χ0v) is 14.8. The molecule has 4 rings (SSSR count). The highest BCUT2D eigenvalue weighted by Gasteiger charge is 2.27. The number of nitrogens with one attached hydrogen (secondary N) is 2. The van der Waals surface area contributed by atoms with Crippen LogP contribution in [0.25, 0.3) is 0 Å². The van der Waals surface area contributed by atoms with Gasteiger partial charge in [-0.3, -0.25) is 9.59 Å². The van der Waals surface area contributed by atoms with E-state index in [2.05, 4.69) is 10.6 Å². The summed E-state index contributed by atoms with van der Waals surface area (Å²) in [6.07, 6.45) is -0.661. The zero-order valence-electron chi connectivity index (χ0n) is 14.8. The standard InChI is InChI=1S/C20H21N3O4/c24-19-12-23(10-9-21-19)15-7-5-14(6-8-15)11-22-20(25)18-13-26-16-3-1-2-4-17(16)27-18/h1-8,18H,9-13H2,(H,21,24)(H,22,25). The molecule has 1 atom stereocenters. The number of benzene rings is 2. The lowest BCUT2D eigenvalue weighted by atomic mass is 10.1. The molecule has 140 valence electrons. The molecule has 7 nitrogen and oxygen atoms in total. The van der Waals surface area contributed by atoms with E-state index in [0.717, 1.165) is 17.8 Å². The van der Waals surface area contributed by atoms with Gasteiger partial charge in [-0.25, -0.2) is 0 Å². The summed E-state index contributed by atoms with van der Waals surface area (Å²) in [6.45, 7) is 2.42. The van der Waals surface area contributed by atoms with Crippen molar-refractivity contribution in [1.29, 1.82) is 0 Å². The van der Waals surface area contributed by atoms with Crippen molar-refractivity contribution in [2.24, 2.45) is 0 Å². The molecule has 27 heavy (non-hydrogen) atoms. The molecule has 0 aliphatic carbocycles. The fraction of sp³-hybridized carbons (Fsp3) is 0.300. The van der Waals surface area contributed by atoms with Gasteiger partial charge in [-0.05, 0) is 29.8 Å². The Labute approximate surface area is 157 Å². The molecule has 2 aromatic carbocycles. The molecule has 2 aromatic rings. The van der Waals surface area contributed by atoms with Crippen LogP contribution in [0, 0.1) is 0 Å². The highest BCUT2D eigenvalue weighted by Crippen LogP contribution is 2.30. The van der Waals surface area contributed by atoms with Crippen LogP contribution in [0.15, 0.2) is 48.5 Å². The van der Waals surface area contributed by atoms with Crippen molar-refractivity contribution in [3.8, 4) is 11.5 Å². The quantitative estimate of drug-likeness (QED) is 0.845. The number of carbonyl (C=O) groups excluding carboxylic acids is 2. The van der Waals surface area contributed by atoms with Crippen LogP contribution in [-0.2, 0) is 16.1 Å². The maximum Gasteiger partial charge on any atom is 0.264 e. The van der Waals surface area contributed by atoms with Gasteiger partial charge in [-0.15, -0.1) is 0 Å². The molecule has 7 heteroatoms. The largest absolute Gasteiger partial charge is 0.485 e. The van der Waals surface area contributed by atoms with Crippen LogP contribution in [0.1, 0.15) is 5.56 Å². The third-order valence-electron chi connectivity index (χ3n) is 4.61. The smallest absolute Gasteiger partial charge is 0.264 e. The molecule has 0 spiro atoms. The number of amides is 2. The number of nitrogens with zero attached hydrogens (tertiary/aromatic N) is 1. The van der Waals surface area contributed by atoms with Gasteiger partial charge < -0.3 is 25.0 Å². The highest BCUT2D eigenvalue weighted by molar-refractivity contribution is 5.83. The molecule has 1 unspecified atom stereocenters. The molecule has 0 saturated carbocycles. The highest BCUT2D eigenvalue weighted by atomic mass is 16.6. The van der Waals surface area contributed by atoms with Crippen molar-refractivity contribution < 1.29 is 19.1 Å². The van der Waals surface area contributed by atoms with Gasteiger partial charge in [0.15, 0.2) is 11.5 Å². The van der Waals surface area contributed by atoms with Crippen LogP contribution in [0.3, 0.4) is 0 Å². The second-order valence-electron chi connectivity index (χ2n) is 6.52. The molecule has 2 aliphatic heterocycles. The number of hydrogen-bond acceptors (Lipinski definition) is 5. The van der Waals surface area contributed by atoms with Crippen LogP contribution in [0.4, 0.5) is 5.69 Å². The summed E-state index contributed by atoms with van der Waals surface area (Å²) in [4.78, 5) is 25.9. The first-order valence-corrected chi connectivity index (χ1v) is 8.96. The fourth-order valence-electron chi connectivity index (χ4n) is 3.14. The maximum atomic E-state index is 12.4. The molecule has 2 heterocycles. The summed E-state index contributed by atoms with van der Waals surface area (Å²) >= 11 is 0. The van der Waals surface area contributed by atoms with Gasteiger partial charge in [0.2, 0.25) is 12.0 Å². The number of rotatable bonds is 4. The van der Waals surface area contributed by atoms with E-state index in [1.807, 2.05) is 47.4 Å². The Morgan fingerprint density at radius 3 is 2.70 bits per heavy atom. The van der Waals surface area contributed by atoms with E-state index in [4.69, 9.17) is 9.47 Å². The van der Waals surface area contributed by atoms with E-state index in [0.29, 0.717) is 31.1 Å². The van der Waals surface area contributed by atoms with Gasteiger partial charge in [0.05, 0.1) is 6.54 Å². The van der Waals surface area contributed by atoms with Crippen LogP contribution in [-0.4, -0.2) is 44.2 Å². The SMILES string of the molecule is O=C1CN(c2ccc(CNC(=O)C3COc4ccccc4O3)cc2)CCN1. The minimum absolute atomic E-state index is 0.0360. The molecule has 1 saturated heterocycles. The monoisotopic (exact) mass is 367 g/mol. The van der Waals surface area contributed by atoms with Crippen molar-refractivity contribution in [2.45, 2.75) is 12.6 Å². The number of piperazine rings is 1. The first-order valence-electron chi connectivity index (χ1n) is 8.96. The number of ether oxygens (including phenoxy) is 2. The molecule has 2 aliphatic rings. The normalized spacial score (nSPS) is 18.6. The summed E-state index contributed by atoms with van der Waals surface area (Å²) in [7, 11) is 0. The minimum Gasteiger partial charge on any atom is -0.485 e. The summed E-state index contributed by atoms with van der Waals surface area (Å²) in [6, 6.07) is 15.2. The lowest BCUT2D eigenvalue weighted by molar-refractivity contribution is -0.130. The molecule has 0 aromatic heterocycles. The van der Waals surface area contributed by atoms with Crippen molar-refractivity contribution in [1.82, 2.24) is 10.6 Å². The Morgan fingerprint density at radius 2 is 1.93 bits per heavy atom. The van der Waals surface area contributed by atoms with Crippen molar-refractivity contribution in [3.05, 3.63) is 54.1 Å². The van der Waals surface area contributed by atoms with Gasteiger partial charge in [0.1, 0.15) is 6.61 Å². The topological polar surface area (TPSA) is 79.9 Å². The number of para-hydroxylation sites is 2. The van der Waals surface area contributed by atoms with E-state index >= 15 is 0 Å².